The minimum absolute atomic E-state index is 0.417. The highest BCUT2D eigenvalue weighted by Crippen LogP contribution is 2.26. The molecule has 0 aromatic heterocycles. The van der Waals surface area contributed by atoms with Crippen molar-refractivity contribution in [3.8, 4) is 0 Å². The molecule has 2 nitrogen and oxygen atoms in total. The monoisotopic (exact) mass is 274 g/mol. The van der Waals surface area contributed by atoms with Gasteiger partial charge in [0, 0.05) is 17.1 Å². The summed E-state index contributed by atoms with van der Waals surface area (Å²) in [7, 11) is 0. The van der Waals surface area contributed by atoms with E-state index in [-0.39, 0.29) is 0 Å². The molecule has 3 N–H and O–H groups in total. The normalized spacial score (nSPS) is 13.1. The zero-order valence-electron chi connectivity index (χ0n) is 10.7. The van der Waals surface area contributed by atoms with Crippen molar-refractivity contribution in [3.63, 3.8) is 0 Å². The van der Waals surface area contributed by atoms with E-state index in [0.29, 0.717) is 35.0 Å². The number of hydrogen-bond acceptors (Lipinski definition) is 3. The van der Waals surface area contributed by atoms with E-state index in [0.717, 1.165) is 12.2 Å². The second-order valence-corrected chi connectivity index (χ2v) is 5.59. The fraction of sp³-hybridized carbons (Fsp3) is 0.538. The van der Waals surface area contributed by atoms with Gasteiger partial charge in [0.25, 0.3) is 5.76 Å². The SMILES string of the molecule is CC(C)C(CN)CNc1ccc(SC(F)F)cc1. The Morgan fingerprint density at radius 1 is 1.22 bits per heavy atom. The Balaban J connectivity index is 2.48. The smallest absolute Gasteiger partial charge is 0.288 e. The molecule has 5 heteroatoms. The van der Waals surface area contributed by atoms with Crippen molar-refractivity contribution in [3.05, 3.63) is 24.3 Å². The summed E-state index contributed by atoms with van der Waals surface area (Å²) in [6.07, 6.45) is 0. The zero-order chi connectivity index (χ0) is 13.5. The Hall–Kier alpha value is -0.810. The Bertz CT molecular complexity index is 341. The van der Waals surface area contributed by atoms with Crippen molar-refractivity contribution < 1.29 is 8.78 Å². The molecule has 0 heterocycles. The highest BCUT2D eigenvalue weighted by molar-refractivity contribution is 7.99. The number of nitrogens with one attached hydrogen (secondary N) is 1. The van der Waals surface area contributed by atoms with Crippen molar-refractivity contribution in [2.45, 2.75) is 24.5 Å². The summed E-state index contributed by atoms with van der Waals surface area (Å²) >= 11 is 0.560. The Morgan fingerprint density at radius 3 is 2.28 bits per heavy atom. The number of thioether (sulfide) groups is 1. The molecule has 0 bridgehead atoms. The van der Waals surface area contributed by atoms with E-state index in [9.17, 15) is 8.78 Å². The van der Waals surface area contributed by atoms with Gasteiger partial charge in [-0.15, -0.1) is 0 Å². The van der Waals surface area contributed by atoms with Crippen LogP contribution in [0.15, 0.2) is 29.2 Å². The summed E-state index contributed by atoms with van der Waals surface area (Å²) < 4.78 is 24.3. The highest BCUT2D eigenvalue weighted by Gasteiger charge is 2.11. The first-order valence-electron chi connectivity index (χ1n) is 6.01. The van der Waals surface area contributed by atoms with Gasteiger partial charge in [0.05, 0.1) is 0 Å². The minimum Gasteiger partial charge on any atom is -0.385 e. The van der Waals surface area contributed by atoms with Crippen molar-refractivity contribution in [2.75, 3.05) is 18.4 Å². The Kier molecular flexibility index (Phi) is 6.43. The third-order valence-electron chi connectivity index (χ3n) is 2.89. The maximum absolute atomic E-state index is 12.1. The fourth-order valence-corrected chi connectivity index (χ4v) is 2.09. The molecule has 0 saturated carbocycles. The van der Waals surface area contributed by atoms with E-state index in [2.05, 4.69) is 19.2 Å². The lowest BCUT2D eigenvalue weighted by Crippen LogP contribution is -2.27. The second-order valence-electron chi connectivity index (χ2n) is 4.52. The van der Waals surface area contributed by atoms with Crippen LogP contribution in [0.5, 0.6) is 0 Å². The van der Waals surface area contributed by atoms with Gasteiger partial charge in [-0.25, -0.2) is 0 Å². The lowest BCUT2D eigenvalue weighted by atomic mass is 9.96. The lowest BCUT2D eigenvalue weighted by molar-refractivity contribution is 0.252. The van der Waals surface area contributed by atoms with E-state index in [1.165, 1.54) is 0 Å². The Morgan fingerprint density at radius 2 is 1.83 bits per heavy atom. The molecule has 0 fully saturated rings. The molecule has 1 rings (SSSR count). The molecule has 102 valence electrons. The van der Waals surface area contributed by atoms with Gasteiger partial charge in [0.15, 0.2) is 0 Å². The van der Waals surface area contributed by atoms with Crippen LogP contribution in [0.25, 0.3) is 0 Å². The summed E-state index contributed by atoms with van der Waals surface area (Å²) in [6.45, 7) is 5.72. The van der Waals surface area contributed by atoms with E-state index >= 15 is 0 Å². The molecule has 0 spiro atoms. The number of halogens is 2. The van der Waals surface area contributed by atoms with Gasteiger partial charge in [0.2, 0.25) is 0 Å². The minimum atomic E-state index is -2.37. The quantitative estimate of drug-likeness (QED) is 0.745. The van der Waals surface area contributed by atoms with Crippen LogP contribution in [-0.4, -0.2) is 18.8 Å². The van der Waals surface area contributed by atoms with Crippen LogP contribution in [0.4, 0.5) is 14.5 Å². The number of nitrogens with two attached hydrogens (primary N) is 1. The van der Waals surface area contributed by atoms with Gasteiger partial charge in [-0.3, -0.25) is 0 Å². The first-order valence-corrected chi connectivity index (χ1v) is 6.89. The van der Waals surface area contributed by atoms with E-state index in [1.807, 2.05) is 12.1 Å². The predicted octanol–water partition coefficient (Wildman–Crippen LogP) is 3.64. The molecule has 18 heavy (non-hydrogen) atoms. The zero-order valence-corrected chi connectivity index (χ0v) is 11.5. The average Bonchev–Trinajstić information content (AvgIpc) is 2.31. The van der Waals surface area contributed by atoms with Gasteiger partial charge in [-0.05, 0) is 42.6 Å². The first kappa shape index (κ1) is 15.2. The molecular formula is C13H20F2N2S. The molecule has 0 radical (unpaired) electrons. The second kappa shape index (κ2) is 7.59. The number of anilines is 1. The molecule has 0 aliphatic carbocycles. The number of hydrogen-bond donors (Lipinski definition) is 2. The van der Waals surface area contributed by atoms with Crippen LogP contribution in [0.2, 0.25) is 0 Å². The number of rotatable bonds is 7. The van der Waals surface area contributed by atoms with Gasteiger partial charge >= 0.3 is 0 Å². The van der Waals surface area contributed by atoms with Crippen LogP contribution >= 0.6 is 11.8 Å². The summed E-state index contributed by atoms with van der Waals surface area (Å²) in [5.41, 5.74) is 6.63. The highest BCUT2D eigenvalue weighted by atomic mass is 32.2. The van der Waals surface area contributed by atoms with Crippen molar-refractivity contribution in [1.29, 1.82) is 0 Å². The van der Waals surface area contributed by atoms with E-state index in [1.54, 1.807) is 12.1 Å². The molecule has 1 atom stereocenters. The van der Waals surface area contributed by atoms with Crippen LogP contribution in [0, 0.1) is 11.8 Å². The van der Waals surface area contributed by atoms with Crippen LogP contribution in [-0.2, 0) is 0 Å². The third kappa shape index (κ3) is 5.23. The van der Waals surface area contributed by atoms with E-state index < -0.39 is 5.76 Å². The maximum Gasteiger partial charge on any atom is 0.288 e. The molecule has 1 aromatic carbocycles. The van der Waals surface area contributed by atoms with E-state index in [4.69, 9.17) is 5.73 Å². The number of alkyl halides is 2. The molecule has 1 aromatic rings. The summed E-state index contributed by atoms with van der Waals surface area (Å²) in [5, 5.41) is 3.28. The molecule has 0 aliphatic rings. The topological polar surface area (TPSA) is 38.0 Å². The summed E-state index contributed by atoms with van der Waals surface area (Å²) in [4.78, 5) is 0.579. The summed E-state index contributed by atoms with van der Waals surface area (Å²) in [6, 6.07) is 7.04. The third-order valence-corrected chi connectivity index (χ3v) is 3.62. The lowest BCUT2D eigenvalue weighted by Gasteiger charge is -2.20. The molecule has 0 aliphatic heterocycles. The average molecular weight is 274 g/mol. The molecule has 0 amide bonds. The van der Waals surface area contributed by atoms with Gasteiger partial charge in [-0.1, -0.05) is 25.6 Å². The predicted molar refractivity (Wildman–Crippen MR) is 74.2 cm³/mol. The fourth-order valence-electron chi connectivity index (χ4n) is 1.59. The molecule has 1 unspecified atom stereocenters. The molecular weight excluding hydrogens is 254 g/mol. The maximum atomic E-state index is 12.1. The van der Waals surface area contributed by atoms with Gasteiger partial charge < -0.3 is 11.1 Å². The van der Waals surface area contributed by atoms with Crippen molar-refractivity contribution in [1.82, 2.24) is 0 Å². The standard InChI is InChI=1S/C13H20F2N2S/c1-9(2)10(7-16)8-17-11-3-5-12(6-4-11)18-13(14)15/h3-6,9-10,13,17H,7-8,16H2,1-2H3. The number of benzene rings is 1. The van der Waals surface area contributed by atoms with Crippen LogP contribution in [0.3, 0.4) is 0 Å². The van der Waals surface area contributed by atoms with Crippen LogP contribution in [0.1, 0.15) is 13.8 Å². The molecule has 0 saturated heterocycles. The van der Waals surface area contributed by atoms with Crippen molar-refractivity contribution >= 4 is 17.4 Å². The van der Waals surface area contributed by atoms with Crippen LogP contribution < -0.4 is 11.1 Å². The van der Waals surface area contributed by atoms with Gasteiger partial charge in [0.1, 0.15) is 0 Å². The first-order chi connectivity index (χ1) is 8.52. The van der Waals surface area contributed by atoms with Crippen molar-refractivity contribution in [2.24, 2.45) is 17.6 Å². The van der Waals surface area contributed by atoms with Gasteiger partial charge in [-0.2, -0.15) is 8.78 Å². The largest absolute Gasteiger partial charge is 0.385 e. The summed E-state index contributed by atoms with van der Waals surface area (Å²) in [5.74, 6) is -1.43. The Labute approximate surface area is 111 Å².